The lowest BCUT2D eigenvalue weighted by Gasteiger charge is -2.25. The van der Waals surface area contributed by atoms with Crippen molar-refractivity contribution in [2.75, 3.05) is 13.1 Å². The summed E-state index contributed by atoms with van der Waals surface area (Å²) < 4.78 is 1.45. The zero-order valence-electron chi connectivity index (χ0n) is 5.54. The lowest BCUT2D eigenvalue weighted by atomic mass is 10.3. The molecule has 0 saturated carbocycles. The standard InChI is InChI=1S/C7H9NS2/c1-2-7(9-3-1)10-6-4-8-5-6/h1-3,6,8H,4-5H2. The van der Waals surface area contributed by atoms with Crippen molar-refractivity contribution in [3.8, 4) is 0 Å². The van der Waals surface area contributed by atoms with E-state index in [4.69, 9.17) is 0 Å². The van der Waals surface area contributed by atoms with Crippen molar-refractivity contribution in [1.29, 1.82) is 0 Å². The molecule has 0 spiro atoms. The van der Waals surface area contributed by atoms with Gasteiger partial charge in [0.2, 0.25) is 0 Å². The molecule has 3 heteroatoms. The van der Waals surface area contributed by atoms with Gasteiger partial charge in [-0.15, -0.1) is 23.1 Å². The Hall–Kier alpha value is 0.01000. The maximum Gasteiger partial charge on any atom is 0.0602 e. The van der Waals surface area contributed by atoms with Crippen LogP contribution in [-0.4, -0.2) is 18.3 Å². The van der Waals surface area contributed by atoms with Crippen LogP contribution in [0.5, 0.6) is 0 Å². The van der Waals surface area contributed by atoms with Gasteiger partial charge in [0.25, 0.3) is 0 Å². The molecule has 2 heterocycles. The van der Waals surface area contributed by atoms with E-state index in [2.05, 4.69) is 22.8 Å². The number of rotatable bonds is 2. The average Bonchev–Trinajstić information content (AvgIpc) is 2.29. The van der Waals surface area contributed by atoms with E-state index < -0.39 is 0 Å². The third-order valence-electron chi connectivity index (χ3n) is 1.52. The zero-order chi connectivity index (χ0) is 6.81. The largest absolute Gasteiger partial charge is 0.314 e. The molecule has 10 heavy (non-hydrogen) atoms. The molecule has 1 aromatic rings. The quantitative estimate of drug-likeness (QED) is 0.728. The number of hydrogen-bond donors (Lipinski definition) is 1. The average molecular weight is 171 g/mol. The highest BCUT2D eigenvalue weighted by Crippen LogP contribution is 2.29. The maximum atomic E-state index is 3.26. The number of hydrogen-bond acceptors (Lipinski definition) is 3. The molecular formula is C7H9NS2. The van der Waals surface area contributed by atoms with Crippen molar-refractivity contribution in [3.05, 3.63) is 17.5 Å². The van der Waals surface area contributed by atoms with E-state index in [1.165, 1.54) is 17.3 Å². The van der Waals surface area contributed by atoms with Gasteiger partial charge in [-0.25, -0.2) is 0 Å². The Balaban J connectivity index is 1.90. The van der Waals surface area contributed by atoms with E-state index in [0.29, 0.717) is 0 Å². The Morgan fingerprint density at radius 1 is 1.60 bits per heavy atom. The van der Waals surface area contributed by atoms with E-state index in [1.807, 2.05) is 23.1 Å². The third kappa shape index (κ3) is 1.36. The topological polar surface area (TPSA) is 12.0 Å². The lowest BCUT2D eigenvalue weighted by molar-refractivity contribution is 0.544. The van der Waals surface area contributed by atoms with Gasteiger partial charge in [-0.1, -0.05) is 6.07 Å². The van der Waals surface area contributed by atoms with Gasteiger partial charge in [-0.2, -0.15) is 0 Å². The van der Waals surface area contributed by atoms with Gasteiger partial charge < -0.3 is 5.32 Å². The maximum absolute atomic E-state index is 3.26. The molecular weight excluding hydrogens is 162 g/mol. The van der Waals surface area contributed by atoms with Gasteiger partial charge >= 0.3 is 0 Å². The Morgan fingerprint density at radius 2 is 2.50 bits per heavy atom. The minimum absolute atomic E-state index is 0.832. The fourth-order valence-electron chi connectivity index (χ4n) is 0.840. The fraction of sp³-hybridized carbons (Fsp3) is 0.429. The second kappa shape index (κ2) is 2.95. The van der Waals surface area contributed by atoms with Crippen molar-refractivity contribution >= 4 is 23.1 Å². The van der Waals surface area contributed by atoms with E-state index in [1.54, 1.807) is 0 Å². The van der Waals surface area contributed by atoms with Gasteiger partial charge in [0, 0.05) is 18.3 Å². The van der Waals surface area contributed by atoms with E-state index in [0.717, 1.165) is 5.25 Å². The van der Waals surface area contributed by atoms with Crippen LogP contribution in [0.15, 0.2) is 21.7 Å². The first-order valence-electron chi connectivity index (χ1n) is 3.36. The van der Waals surface area contributed by atoms with Crippen molar-refractivity contribution in [2.24, 2.45) is 0 Å². The van der Waals surface area contributed by atoms with Crippen LogP contribution in [0.4, 0.5) is 0 Å². The van der Waals surface area contributed by atoms with Crippen molar-refractivity contribution in [2.45, 2.75) is 9.46 Å². The van der Waals surface area contributed by atoms with Crippen molar-refractivity contribution in [3.63, 3.8) is 0 Å². The molecule has 1 aromatic heterocycles. The summed E-state index contributed by atoms with van der Waals surface area (Å²) >= 11 is 3.83. The Morgan fingerprint density at radius 3 is 3.00 bits per heavy atom. The molecule has 0 amide bonds. The monoisotopic (exact) mass is 171 g/mol. The van der Waals surface area contributed by atoms with Crippen LogP contribution < -0.4 is 5.32 Å². The molecule has 0 radical (unpaired) electrons. The zero-order valence-corrected chi connectivity index (χ0v) is 7.17. The molecule has 0 atom stereocenters. The number of thioether (sulfide) groups is 1. The molecule has 1 saturated heterocycles. The van der Waals surface area contributed by atoms with Crippen LogP contribution in [0.2, 0.25) is 0 Å². The summed E-state index contributed by atoms with van der Waals surface area (Å²) in [5, 5.41) is 6.22. The molecule has 1 fully saturated rings. The minimum atomic E-state index is 0.832. The lowest BCUT2D eigenvalue weighted by Crippen LogP contribution is -2.44. The van der Waals surface area contributed by atoms with E-state index in [-0.39, 0.29) is 0 Å². The predicted octanol–water partition coefficient (Wildman–Crippen LogP) is 1.81. The predicted molar refractivity (Wildman–Crippen MR) is 46.8 cm³/mol. The van der Waals surface area contributed by atoms with Crippen LogP contribution in [0.25, 0.3) is 0 Å². The summed E-state index contributed by atoms with van der Waals surface area (Å²) in [6, 6.07) is 4.30. The van der Waals surface area contributed by atoms with Gasteiger partial charge in [0.15, 0.2) is 0 Å². The second-order valence-electron chi connectivity index (χ2n) is 2.33. The molecule has 0 aliphatic carbocycles. The highest BCUT2D eigenvalue weighted by atomic mass is 32.2. The summed E-state index contributed by atoms with van der Waals surface area (Å²) in [5.41, 5.74) is 0. The molecule has 0 bridgehead atoms. The molecule has 1 nitrogen and oxygen atoms in total. The van der Waals surface area contributed by atoms with Crippen LogP contribution >= 0.6 is 23.1 Å². The smallest absolute Gasteiger partial charge is 0.0602 e. The molecule has 1 aliphatic heterocycles. The number of nitrogens with one attached hydrogen (secondary N) is 1. The van der Waals surface area contributed by atoms with Crippen molar-refractivity contribution in [1.82, 2.24) is 5.32 Å². The van der Waals surface area contributed by atoms with Crippen molar-refractivity contribution < 1.29 is 0 Å². The first-order valence-corrected chi connectivity index (χ1v) is 5.12. The fourth-order valence-corrected chi connectivity index (χ4v) is 2.97. The highest BCUT2D eigenvalue weighted by molar-refractivity contribution is 8.01. The Bertz CT molecular complexity index is 191. The molecule has 0 unspecified atom stereocenters. The van der Waals surface area contributed by atoms with Crippen LogP contribution in [0.3, 0.4) is 0 Å². The molecule has 2 rings (SSSR count). The molecule has 54 valence electrons. The summed E-state index contributed by atoms with van der Waals surface area (Å²) in [6.07, 6.45) is 0. The number of thiophene rings is 1. The molecule has 0 aromatic carbocycles. The normalized spacial score (nSPS) is 18.8. The van der Waals surface area contributed by atoms with Crippen LogP contribution in [0, 0.1) is 0 Å². The summed E-state index contributed by atoms with van der Waals surface area (Å²) in [5.74, 6) is 0. The Labute approximate surface area is 68.8 Å². The van der Waals surface area contributed by atoms with Gasteiger partial charge in [-0.05, 0) is 11.4 Å². The van der Waals surface area contributed by atoms with Crippen LogP contribution in [0.1, 0.15) is 0 Å². The molecule has 1 N–H and O–H groups in total. The minimum Gasteiger partial charge on any atom is -0.314 e. The Kier molecular flexibility index (Phi) is 1.97. The summed E-state index contributed by atoms with van der Waals surface area (Å²) in [7, 11) is 0. The van der Waals surface area contributed by atoms with E-state index in [9.17, 15) is 0 Å². The highest BCUT2D eigenvalue weighted by Gasteiger charge is 2.17. The van der Waals surface area contributed by atoms with Gasteiger partial charge in [-0.3, -0.25) is 0 Å². The first kappa shape index (κ1) is 6.70. The summed E-state index contributed by atoms with van der Waals surface area (Å²) in [6.45, 7) is 2.37. The van der Waals surface area contributed by atoms with Gasteiger partial charge in [0.1, 0.15) is 0 Å². The third-order valence-corrected chi connectivity index (χ3v) is 3.80. The summed E-state index contributed by atoms with van der Waals surface area (Å²) in [4.78, 5) is 0. The van der Waals surface area contributed by atoms with E-state index >= 15 is 0 Å². The van der Waals surface area contributed by atoms with Gasteiger partial charge in [0.05, 0.1) is 4.21 Å². The second-order valence-corrected chi connectivity index (χ2v) is 4.88. The first-order chi connectivity index (χ1) is 4.95. The van der Waals surface area contributed by atoms with Crippen LogP contribution in [-0.2, 0) is 0 Å². The molecule has 1 aliphatic rings. The SMILES string of the molecule is c1csc(SC2CNC2)c1.